The topological polar surface area (TPSA) is 98.2 Å². The van der Waals surface area contributed by atoms with Crippen LogP contribution < -0.4 is 25.0 Å². The number of para-hydroxylation sites is 1. The monoisotopic (exact) mass is 495 g/mol. The fourth-order valence-corrected chi connectivity index (χ4v) is 4.04. The van der Waals surface area contributed by atoms with Crippen LogP contribution in [0.2, 0.25) is 0 Å². The summed E-state index contributed by atoms with van der Waals surface area (Å²) in [6, 6.07) is 10.7. The summed E-state index contributed by atoms with van der Waals surface area (Å²) >= 11 is 0. The van der Waals surface area contributed by atoms with Crippen molar-refractivity contribution in [3.05, 3.63) is 53.1 Å². The fraction of sp³-hybridized carbons (Fsp3) is 0.464. The first kappa shape index (κ1) is 27.0. The maximum Gasteiger partial charge on any atom is 0.262 e. The fourth-order valence-electron chi connectivity index (χ4n) is 4.04. The molecule has 0 saturated carbocycles. The molecule has 36 heavy (non-hydrogen) atoms. The number of ether oxygens (including phenoxy) is 3. The molecule has 0 heterocycles. The second kappa shape index (κ2) is 14.1. The van der Waals surface area contributed by atoms with Gasteiger partial charge in [0, 0.05) is 5.56 Å². The molecular weight excluding hydrogens is 458 g/mol. The average Bonchev–Trinajstić information content (AvgIpc) is 2.90. The zero-order valence-corrected chi connectivity index (χ0v) is 21.5. The molecule has 2 amide bonds. The highest BCUT2D eigenvalue weighted by atomic mass is 16.5. The number of amides is 2. The highest BCUT2D eigenvalue weighted by Gasteiger charge is 2.16. The lowest BCUT2D eigenvalue weighted by atomic mass is 9.92. The van der Waals surface area contributed by atoms with Gasteiger partial charge in [-0.25, -0.2) is 5.43 Å². The number of aryl methyl sites for hydroxylation is 2. The molecule has 0 unspecified atom stereocenters. The van der Waals surface area contributed by atoms with Crippen LogP contribution in [0.3, 0.4) is 0 Å². The van der Waals surface area contributed by atoms with Gasteiger partial charge in [0.2, 0.25) is 0 Å². The molecular formula is C28H37N3O5. The van der Waals surface area contributed by atoms with E-state index in [9.17, 15) is 9.59 Å². The van der Waals surface area contributed by atoms with Gasteiger partial charge in [-0.2, -0.15) is 5.10 Å². The molecule has 0 saturated heterocycles. The lowest BCUT2D eigenvalue weighted by molar-refractivity contribution is -0.129. The van der Waals surface area contributed by atoms with Gasteiger partial charge in [0.15, 0.2) is 18.1 Å². The minimum Gasteiger partial charge on any atom is -0.493 e. The van der Waals surface area contributed by atoms with Gasteiger partial charge in [0.05, 0.1) is 19.9 Å². The number of rotatable bonds is 13. The highest BCUT2D eigenvalue weighted by Crippen LogP contribution is 2.30. The zero-order chi connectivity index (χ0) is 25.8. The lowest BCUT2D eigenvalue weighted by Gasteiger charge is -2.17. The smallest absolute Gasteiger partial charge is 0.262 e. The first-order valence-corrected chi connectivity index (χ1v) is 12.7. The summed E-state index contributed by atoms with van der Waals surface area (Å²) in [4.78, 5) is 24.7. The Morgan fingerprint density at radius 2 is 1.89 bits per heavy atom. The number of hydrazone groups is 1. The summed E-state index contributed by atoms with van der Waals surface area (Å²) in [5, 5.41) is 6.68. The number of hydrogen-bond donors (Lipinski definition) is 2. The molecule has 0 fully saturated rings. The molecule has 2 aromatic rings. The normalized spacial score (nSPS) is 13.5. The average molecular weight is 496 g/mol. The molecule has 194 valence electrons. The number of methoxy groups -OCH3 is 1. The number of nitrogens with zero attached hydrogens (tertiary/aromatic N) is 1. The van der Waals surface area contributed by atoms with E-state index < -0.39 is 11.9 Å². The molecule has 0 aromatic heterocycles. The van der Waals surface area contributed by atoms with Gasteiger partial charge in [-0.15, -0.1) is 0 Å². The van der Waals surface area contributed by atoms with Crippen LogP contribution in [-0.2, 0) is 22.4 Å². The van der Waals surface area contributed by atoms with Crippen LogP contribution in [0.4, 0.5) is 0 Å². The largest absolute Gasteiger partial charge is 0.493 e. The number of fused-ring (bicyclic) bond motifs is 1. The first-order valence-electron chi connectivity index (χ1n) is 12.7. The number of nitrogens with one attached hydrogen (secondary N) is 2. The minimum atomic E-state index is -0.781. The number of carbonyl (C=O) groups is 2. The second-order valence-corrected chi connectivity index (χ2v) is 8.88. The van der Waals surface area contributed by atoms with Gasteiger partial charge in [0.25, 0.3) is 11.8 Å². The third-order valence-electron chi connectivity index (χ3n) is 6.06. The Bertz CT molecular complexity index is 1050. The molecule has 0 radical (unpaired) electrons. The van der Waals surface area contributed by atoms with Crippen LogP contribution >= 0.6 is 0 Å². The van der Waals surface area contributed by atoms with Gasteiger partial charge in [-0.3, -0.25) is 9.59 Å². The maximum atomic E-state index is 12.4. The van der Waals surface area contributed by atoms with Crippen molar-refractivity contribution in [2.75, 3.05) is 20.3 Å². The molecule has 1 aliphatic rings. The zero-order valence-electron chi connectivity index (χ0n) is 21.5. The van der Waals surface area contributed by atoms with Gasteiger partial charge < -0.3 is 19.5 Å². The van der Waals surface area contributed by atoms with Crippen LogP contribution in [0.1, 0.15) is 62.6 Å². The Morgan fingerprint density at radius 3 is 2.67 bits per heavy atom. The Labute approximate surface area is 213 Å². The molecule has 1 atom stereocenters. The molecule has 0 bridgehead atoms. The summed E-state index contributed by atoms with van der Waals surface area (Å²) < 4.78 is 17.0. The Kier molecular flexibility index (Phi) is 10.6. The molecule has 0 spiro atoms. The Morgan fingerprint density at radius 1 is 1.08 bits per heavy atom. The van der Waals surface area contributed by atoms with Gasteiger partial charge >= 0.3 is 0 Å². The summed E-state index contributed by atoms with van der Waals surface area (Å²) in [7, 11) is 1.58. The van der Waals surface area contributed by atoms with Crippen molar-refractivity contribution in [1.82, 2.24) is 10.7 Å². The van der Waals surface area contributed by atoms with Gasteiger partial charge in [-0.1, -0.05) is 31.9 Å². The van der Waals surface area contributed by atoms with E-state index in [1.807, 2.05) is 30.3 Å². The molecule has 2 N–H and O–H groups in total. The summed E-state index contributed by atoms with van der Waals surface area (Å²) in [6.45, 7) is 4.13. The van der Waals surface area contributed by atoms with Crippen molar-refractivity contribution in [2.45, 2.75) is 64.8 Å². The molecule has 1 aliphatic carbocycles. The quantitative estimate of drug-likeness (QED) is 0.247. The first-order chi connectivity index (χ1) is 17.5. The third kappa shape index (κ3) is 8.00. The molecule has 2 aromatic carbocycles. The number of hydrogen-bond acceptors (Lipinski definition) is 6. The van der Waals surface area contributed by atoms with Crippen LogP contribution in [0.25, 0.3) is 0 Å². The van der Waals surface area contributed by atoms with E-state index in [-0.39, 0.29) is 12.5 Å². The van der Waals surface area contributed by atoms with Crippen LogP contribution in [0.5, 0.6) is 17.2 Å². The van der Waals surface area contributed by atoms with E-state index in [0.717, 1.165) is 32.1 Å². The van der Waals surface area contributed by atoms with Crippen molar-refractivity contribution < 1.29 is 23.8 Å². The van der Waals surface area contributed by atoms with E-state index in [0.29, 0.717) is 29.4 Å². The van der Waals surface area contributed by atoms with Crippen LogP contribution in [0.15, 0.2) is 41.5 Å². The van der Waals surface area contributed by atoms with Crippen molar-refractivity contribution in [3.63, 3.8) is 0 Å². The Balaban J connectivity index is 1.47. The van der Waals surface area contributed by atoms with E-state index in [1.54, 1.807) is 14.0 Å². The SMILES string of the molecule is CCCCCOc1c(/C=N\NC(=O)[C@H](C)NC(=O)COc2ccc3c(c2)CCCC3)cccc1OC. The summed E-state index contributed by atoms with van der Waals surface area (Å²) in [5.41, 5.74) is 5.79. The van der Waals surface area contributed by atoms with E-state index in [4.69, 9.17) is 14.2 Å². The number of unbranched alkanes of at least 4 members (excludes halogenated alkanes) is 2. The molecule has 8 heteroatoms. The van der Waals surface area contributed by atoms with Crippen molar-refractivity contribution in [2.24, 2.45) is 5.10 Å². The predicted molar refractivity (Wildman–Crippen MR) is 140 cm³/mol. The minimum absolute atomic E-state index is 0.164. The second-order valence-electron chi connectivity index (χ2n) is 8.88. The van der Waals surface area contributed by atoms with E-state index >= 15 is 0 Å². The third-order valence-corrected chi connectivity index (χ3v) is 6.06. The molecule has 3 rings (SSSR count). The van der Waals surface area contributed by atoms with Crippen molar-refractivity contribution in [1.29, 1.82) is 0 Å². The van der Waals surface area contributed by atoms with E-state index in [1.165, 1.54) is 30.2 Å². The van der Waals surface area contributed by atoms with Crippen molar-refractivity contribution in [3.8, 4) is 17.2 Å². The van der Waals surface area contributed by atoms with Crippen LogP contribution in [0, 0.1) is 0 Å². The van der Waals surface area contributed by atoms with Crippen molar-refractivity contribution >= 4 is 18.0 Å². The molecule has 8 nitrogen and oxygen atoms in total. The van der Waals surface area contributed by atoms with Crippen LogP contribution in [-0.4, -0.2) is 44.4 Å². The summed E-state index contributed by atoms with van der Waals surface area (Å²) in [6.07, 6.45) is 9.15. The number of carbonyl (C=O) groups excluding carboxylic acids is 2. The Hall–Kier alpha value is -3.55. The highest BCUT2D eigenvalue weighted by molar-refractivity contribution is 5.90. The summed E-state index contributed by atoms with van der Waals surface area (Å²) in [5.74, 6) is 1.02. The number of benzene rings is 2. The molecule has 0 aliphatic heterocycles. The van der Waals surface area contributed by atoms with Gasteiger partial charge in [0.1, 0.15) is 11.8 Å². The maximum absolute atomic E-state index is 12.4. The predicted octanol–water partition coefficient (Wildman–Crippen LogP) is 4.18. The lowest BCUT2D eigenvalue weighted by Crippen LogP contribution is -2.45. The van der Waals surface area contributed by atoms with E-state index in [2.05, 4.69) is 28.8 Å². The van der Waals surface area contributed by atoms with Gasteiger partial charge in [-0.05, 0) is 74.4 Å². The standard InChI is InChI=1S/C28H37N3O5/c1-4-5-8-16-35-27-23(12-9-13-25(27)34-3)18-29-31-28(33)20(2)30-26(32)19-36-24-15-14-21-10-6-7-11-22(21)17-24/h9,12-15,17-18,20H,4-8,10-11,16,19H2,1-3H3,(H,30,32)(H,31,33)/b29-18-/t20-/m0/s1.